The van der Waals surface area contributed by atoms with Crippen LogP contribution in [0.2, 0.25) is 0 Å². The predicted octanol–water partition coefficient (Wildman–Crippen LogP) is 4.47. The lowest BCUT2D eigenvalue weighted by molar-refractivity contribution is -0.127. The number of hydrogen-bond acceptors (Lipinski definition) is 3. The molecule has 0 radical (unpaired) electrons. The molecule has 1 N–H and O–H groups in total. The molecule has 140 valence electrons. The number of carbonyl (C=O) groups is 1. The maximum Gasteiger partial charge on any atom is 0.260 e. The molecule has 1 unspecified atom stereocenters. The van der Waals surface area contributed by atoms with Crippen LogP contribution in [0.3, 0.4) is 0 Å². The highest BCUT2D eigenvalue weighted by molar-refractivity contribution is 9.10. The summed E-state index contributed by atoms with van der Waals surface area (Å²) in [6, 6.07) is 9.85. The zero-order valence-corrected chi connectivity index (χ0v) is 15.9. The molecule has 2 aromatic rings. The maximum absolute atomic E-state index is 13.0. The molecule has 2 rings (SSSR count). The van der Waals surface area contributed by atoms with Crippen molar-refractivity contribution in [1.82, 2.24) is 5.32 Å². The number of unbranched alkanes of at least 4 members (excludes halogenated alkanes) is 1. The van der Waals surface area contributed by atoms with Crippen molar-refractivity contribution in [1.29, 1.82) is 0 Å². The van der Waals surface area contributed by atoms with Gasteiger partial charge >= 0.3 is 0 Å². The Balaban J connectivity index is 1.62. The van der Waals surface area contributed by atoms with Crippen LogP contribution in [0.15, 0.2) is 46.9 Å². The Morgan fingerprint density at radius 2 is 1.81 bits per heavy atom. The summed E-state index contributed by atoms with van der Waals surface area (Å²) in [6.45, 7) is 2.60. The van der Waals surface area contributed by atoms with E-state index in [1.807, 2.05) is 0 Å². The minimum atomic E-state index is -0.702. The van der Waals surface area contributed by atoms with Crippen LogP contribution in [-0.2, 0) is 4.79 Å². The highest BCUT2D eigenvalue weighted by atomic mass is 79.9. The van der Waals surface area contributed by atoms with E-state index in [0.29, 0.717) is 29.1 Å². The van der Waals surface area contributed by atoms with Crippen LogP contribution in [0.1, 0.15) is 19.8 Å². The second-order valence-corrected chi connectivity index (χ2v) is 6.49. The van der Waals surface area contributed by atoms with E-state index in [9.17, 15) is 13.6 Å². The average Bonchev–Trinajstić information content (AvgIpc) is 2.61. The van der Waals surface area contributed by atoms with Crippen molar-refractivity contribution < 1.29 is 23.0 Å². The zero-order valence-electron chi connectivity index (χ0n) is 14.3. The molecule has 0 spiro atoms. The van der Waals surface area contributed by atoms with Crippen LogP contribution >= 0.6 is 15.9 Å². The fraction of sp³-hybridized carbons (Fsp3) is 0.316. The maximum atomic E-state index is 13.0. The number of rotatable bonds is 9. The van der Waals surface area contributed by atoms with Crippen molar-refractivity contribution in [2.24, 2.45) is 0 Å². The molecular weight excluding hydrogens is 408 g/mol. The minimum Gasteiger partial charge on any atom is -0.494 e. The Labute approximate surface area is 159 Å². The first-order valence-electron chi connectivity index (χ1n) is 8.23. The first-order chi connectivity index (χ1) is 12.5. The van der Waals surface area contributed by atoms with Crippen LogP contribution < -0.4 is 14.8 Å². The van der Waals surface area contributed by atoms with Gasteiger partial charge in [-0.1, -0.05) is 0 Å². The molecule has 0 bridgehead atoms. The van der Waals surface area contributed by atoms with Crippen molar-refractivity contribution in [3.63, 3.8) is 0 Å². The number of benzene rings is 2. The fourth-order valence-corrected chi connectivity index (χ4v) is 2.56. The summed E-state index contributed by atoms with van der Waals surface area (Å²) < 4.78 is 37.3. The van der Waals surface area contributed by atoms with Crippen molar-refractivity contribution in [3.8, 4) is 11.5 Å². The number of halogens is 3. The summed E-state index contributed by atoms with van der Waals surface area (Å²) in [5, 5.41) is 2.78. The lowest BCUT2D eigenvalue weighted by Crippen LogP contribution is -2.37. The second-order valence-electron chi connectivity index (χ2n) is 5.64. The standard InChI is InChI=1S/C19H20BrF2NO3/c1-13(26-18-9-6-15(22)12-17(18)20)19(24)23-10-2-3-11-25-16-7-4-14(21)5-8-16/h4-9,12-13H,2-3,10-11H2,1H3,(H,23,24). The van der Waals surface area contributed by atoms with Gasteiger partial charge in [0.25, 0.3) is 5.91 Å². The fourth-order valence-electron chi connectivity index (χ4n) is 2.12. The largest absolute Gasteiger partial charge is 0.494 e. The third-order valence-electron chi connectivity index (χ3n) is 3.52. The summed E-state index contributed by atoms with van der Waals surface area (Å²) in [4.78, 5) is 12.0. The van der Waals surface area contributed by atoms with Crippen molar-refractivity contribution in [2.45, 2.75) is 25.9 Å². The molecule has 7 heteroatoms. The van der Waals surface area contributed by atoms with Gasteiger partial charge in [-0.3, -0.25) is 4.79 Å². The number of amides is 1. The zero-order chi connectivity index (χ0) is 18.9. The molecule has 0 heterocycles. The van der Waals surface area contributed by atoms with Crippen LogP contribution in [0.5, 0.6) is 11.5 Å². The van der Waals surface area contributed by atoms with E-state index in [1.54, 1.807) is 19.1 Å². The summed E-state index contributed by atoms with van der Waals surface area (Å²) in [6.07, 6.45) is 0.781. The van der Waals surface area contributed by atoms with Gasteiger partial charge in [0.1, 0.15) is 23.1 Å². The summed E-state index contributed by atoms with van der Waals surface area (Å²) in [5.74, 6) is 0.0815. The van der Waals surface area contributed by atoms with Gasteiger partial charge in [-0.2, -0.15) is 0 Å². The Morgan fingerprint density at radius 3 is 2.50 bits per heavy atom. The van der Waals surface area contributed by atoms with Crippen molar-refractivity contribution in [3.05, 3.63) is 58.6 Å². The summed E-state index contributed by atoms with van der Waals surface area (Å²) in [5.41, 5.74) is 0. The highest BCUT2D eigenvalue weighted by Crippen LogP contribution is 2.26. The van der Waals surface area contributed by atoms with Crippen LogP contribution in [0.4, 0.5) is 8.78 Å². The average molecular weight is 428 g/mol. The molecule has 26 heavy (non-hydrogen) atoms. The molecule has 0 saturated heterocycles. The van der Waals surface area contributed by atoms with Crippen molar-refractivity contribution >= 4 is 21.8 Å². The monoisotopic (exact) mass is 427 g/mol. The SMILES string of the molecule is CC(Oc1ccc(F)cc1Br)C(=O)NCCCCOc1ccc(F)cc1. The van der Waals surface area contributed by atoms with Gasteiger partial charge in [-0.05, 0) is 78.2 Å². The first-order valence-corrected chi connectivity index (χ1v) is 9.03. The van der Waals surface area contributed by atoms with E-state index in [-0.39, 0.29) is 17.5 Å². The summed E-state index contributed by atoms with van der Waals surface area (Å²) in [7, 11) is 0. The summed E-state index contributed by atoms with van der Waals surface area (Å²) >= 11 is 3.20. The first kappa shape index (κ1) is 20.2. The molecular formula is C19H20BrF2NO3. The quantitative estimate of drug-likeness (QED) is 0.600. The Morgan fingerprint density at radius 1 is 1.12 bits per heavy atom. The molecule has 1 atom stereocenters. The third-order valence-corrected chi connectivity index (χ3v) is 4.14. The number of hydrogen-bond donors (Lipinski definition) is 1. The lowest BCUT2D eigenvalue weighted by atomic mass is 10.3. The topological polar surface area (TPSA) is 47.6 Å². The van der Waals surface area contributed by atoms with Crippen molar-refractivity contribution in [2.75, 3.05) is 13.2 Å². The number of nitrogens with one attached hydrogen (secondary N) is 1. The molecule has 0 aliphatic heterocycles. The molecule has 1 amide bonds. The lowest BCUT2D eigenvalue weighted by Gasteiger charge is -2.15. The Kier molecular flexibility index (Phi) is 7.84. The Hall–Kier alpha value is -2.15. The highest BCUT2D eigenvalue weighted by Gasteiger charge is 2.15. The van der Waals surface area contributed by atoms with Crippen LogP contribution in [0, 0.1) is 11.6 Å². The predicted molar refractivity (Wildman–Crippen MR) is 98.3 cm³/mol. The van der Waals surface area contributed by atoms with E-state index in [4.69, 9.17) is 9.47 Å². The van der Waals surface area contributed by atoms with E-state index in [1.165, 1.54) is 30.3 Å². The minimum absolute atomic E-state index is 0.249. The Bertz CT molecular complexity index is 725. The van der Waals surface area contributed by atoms with Gasteiger partial charge in [0.15, 0.2) is 6.10 Å². The van der Waals surface area contributed by atoms with Crippen LogP contribution in [0.25, 0.3) is 0 Å². The van der Waals surface area contributed by atoms with Gasteiger partial charge in [-0.25, -0.2) is 8.78 Å². The van der Waals surface area contributed by atoms with Gasteiger partial charge in [0, 0.05) is 6.54 Å². The van der Waals surface area contributed by atoms with Gasteiger partial charge in [-0.15, -0.1) is 0 Å². The van der Waals surface area contributed by atoms with E-state index in [2.05, 4.69) is 21.2 Å². The molecule has 0 aliphatic carbocycles. The van der Waals surface area contributed by atoms with E-state index >= 15 is 0 Å². The molecule has 4 nitrogen and oxygen atoms in total. The molecule has 0 aromatic heterocycles. The van der Waals surface area contributed by atoms with Gasteiger partial charge in [0.05, 0.1) is 11.1 Å². The third kappa shape index (κ3) is 6.63. The smallest absolute Gasteiger partial charge is 0.260 e. The van der Waals surface area contributed by atoms with E-state index in [0.717, 1.165) is 12.8 Å². The van der Waals surface area contributed by atoms with Gasteiger partial charge in [0.2, 0.25) is 0 Å². The number of carbonyl (C=O) groups excluding carboxylic acids is 1. The molecule has 0 aliphatic rings. The van der Waals surface area contributed by atoms with Crippen LogP contribution in [-0.4, -0.2) is 25.2 Å². The normalized spacial score (nSPS) is 11.7. The van der Waals surface area contributed by atoms with E-state index < -0.39 is 6.10 Å². The van der Waals surface area contributed by atoms with Gasteiger partial charge < -0.3 is 14.8 Å². The second kappa shape index (κ2) is 10.1. The molecule has 0 fully saturated rings. The molecule has 0 saturated carbocycles. The molecule has 2 aromatic carbocycles. The number of ether oxygens (including phenoxy) is 2.